The van der Waals surface area contributed by atoms with E-state index in [0.29, 0.717) is 22.8 Å². The number of benzene rings is 2. The number of phenolic OH excluding ortho intramolecular Hbond substituents is 1. The molecule has 192 valence electrons. The van der Waals surface area contributed by atoms with Gasteiger partial charge in [-0.15, -0.1) is 10.2 Å². The van der Waals surface area contributed by atoms with Gasteiger partial charge in [0, 0.05) is 31.9 Å². The summed E-state index contributed by atoms with van der Waals surface area (Å²) in [5.74, 6) is 0.537. The molecule has 3 atom stereocenters. The van der Waals surface area contributed by atoms with Crippen molar-refractivity contribution in [2.45, 2.75) is 44.4 Å². The van der Waals surface area contributed by atoms with Gasteiger partial charge in [0.05, 0.1) is 30.2 Å². The molecule has 13 nitrogen and oxygen atoms in total. The number of ether oxygens (including phenoxy) is 3. The van der Waals surface area contributed by atoms with E-state index in [4.69, 9.17) is 14.2 Å². The van der Waals surface area contributed by atoms with Crippen LogP contribution in [0.4, 0.5) is 11.4 Å². The Kier molecular flexibility index (Phi) is 6.80. The highest BCUT2D eigenvalue weighted by atomic mass is 16.7. The van der Waals surface area contributed by atoms with Crippen LogP contribution in [0.15, 0.2) is 36.4 Å². The summed E-state index contributed by atoms with van der Waals surface area (Å²) >= 11 is 0. The number of fused-ring (bicyclic) bond motifs is 1. The van der Waals surface area contributed by atoms with Crippen molar-refractivity contribution in [1.29, 1.82) is 0 Å². The summed E-state index contributed by atoms with van der Waals surface area (Å²) in [4.78, 5) is 14.1. The lowest BCUT2D eigenvalue weighted by atomic mass is 9.83. The lowest BCUT2D eigenvalue weighted by molar-refractivity contribution is -0.385. The van der Waals surface area contributed by atoms with Crippen molar-refractivity contribution in [3.05, 3.63) is 63.5 Å². The molecule has 2 heterocycles. The Morgan fingerprint density at radius 3 is 2.61 bits per heavy atom. The molecular weight excluding hydrogens is 472 g/mol. The zero-order valence-corrected chi connectivity index (χ0v) is 20.5. The third-order valence-corrected chi connectivity index (χ3v) is 6.27. The largest absolute Gasteiger partial charge is 0.506 e. The molecule has 1 aliphatic heterocycles. The second kappa shape index (κ2) is 9.68. The van der Waals surface area contributed by atoms with E-state index in [1.54, 1.807) is 31.0 Å². The summed E-state index contributed by atoms with van der Waals surface area (Å²) in [5.41, 5.74) is -0.0796. The molecule has 0 saturated heterocycles. The molecule has 1 aliphatic rings. The summed E-state index contributed by atoms with van der Waals surface area (Å²) in [5, 5.41) is 46.5. The number of aliphatic hydroxyl groups is 1. The van der Waals surface area contributed by atoms with Crippen LogP contribution in [0.1, 0.15) is 29.9 Å². The lowest BCUT2D eigenvalue weighted by Crippen LogP contribution is -2.62. The summed E-state index contributed by atoms with van der Waals surface area (Å²) in [6.45, 7) is 3.49. The normalized spacial score (nSPS) is 21.2. The van der Waals surface area contributed by atoms with Crippen LogP contribution in [0.3, 0.4) is 0 Å². The topological polar surface area (TPSA) is 158 Å². The number of aryl methyl sites for hydroxylation is 2. The highest BCUT2D eigenvalue weighted by Gasteiger charge is 2.54. The van der Waals surface area contributed by atoms with Gasteiger partial charge in [-0.2, -0.15) is 4.80 Å². The number of non-ortho nitro benzene ring substituents is 1. The van der Waals surface area contributed by atoms with Crippen LogP contribution in [-0.4, -0.2) is 67.6 Å². The Bertz CT molecular complexity index is 1260. The van der Waals surface area contributed by atoms with Gasteiger partial charge in [0.15, 0.2) is 17.7 Å². The summed E-state index contributed by atoms with van der Waals surface area (Å²) in [6.07, 6.45) is -2.35. The van der Waals surface area contributed by atoms with E-state index in [1.165, 1.54) is 43.3 Å². The molecule has 0 radical (unpaired) electrons. The van der Waals surface area contributed by atoms with Crippen LogP contribution in [-0.2, 0) is 23.1 Å². The molecule has 2 aromatic carbocycles. The van der Waals surface area contributed by atoms with Gasteiger partial charge in [0.25, 0.3) is 5.69 Å². The van der Waals surface area contributed by atoms with Crippen molar-refractivity contribution < 1.29 is 29.3 Å². The average molecular weight is 501 g/mol. The fourth-order valence-corrected chi connectivity index (χ4v) is 4.58. The predicted octanol–water partition coefficient (Wildman–Crippen LogP) is 2.01. The molecule has 0 spiro atoms. The first-order valence-corrected chi connectivity index (χ1v) is 11.1. The smallest absolute Gasteiger partial charge is 0.270 e. The Morgan fingerprint density at radius 1 is 1.28 bits per heavy atom. The molecular formula is C23H28N6O7. The third kappa shape index (κ3) is 4.43. The number of phenols is 1. The first-order chi connectivity index (χ1) is 17.1. The van der Waals surface area contributed by atoms with E-state index in [1.807, 2.05) is 6.92 Å². The summed E-state index contributed by atoms with van der Waals surface area (Å²) in [6, 6.07) is 8.20. The van der Waals surface area contributed by atoms with E-state index < -0.39 is 29.0 Å². The molecule has 4 rings (SSSR count). The third-order valence-electron chi connectivity index (χ3n) is 6.27. The zero-order chi connectivity index (χ0) is 26.2. The number of aliphatic hydroxyl groups excluding tert-OH is 1. The number of nitro benzene ring substituents is 1. The molecule has 0 amide bonds. The highest BCUT2D eigenvalue weighted by molar-refractivity contribution is 5.63. The zero-order valence-electron chi connectivity index (χ0n) is 20.5. The van der Waals surface area contributed by atoms with Gasteiger partial charge in [-0.05, 0) is 42.8 Å². The van der Waals surface area contributed by atoms with Gasteiger partial charge in [-0.3, -0.25) is 10.1 Å². The predicted molar refractivity (Wildman–Crippen MR) is 127 cm³/mol. The van der Waals surface area contributed by atoms with Crippen LogP contribution >= 0.6 is 0 Å². The Morgan fingerprint density at radius 2 is 2.00 bits per heavy atom. The number of hydrogen-bond donors (Lipinski definition) is 2. The van der Waals surface area contributed by atoms with Gasteiger partial charge < -0.3 is 29.3 Å². The van der Waals surface area contributed by atoms with E-state index in [9.17, 15) is 20.3 Å². The van der Waals surface area contributed by atoms with Crippen LogP contribution in [0.2, 0.25) is 0 Å². The SMILES string of the molecule is COC(OC)[C@@]1(C)Oc2ccc([N+](=O)[O-])cc2[C@H](N(Cc2nnn(C)n2)c2cc(C)ccc2O)[C@H]1O. The molecule has 13 heteroatoms. The number of nitro groups is 1. The summed E-state index contributed by atoms with van der Waals surface area (Å²) in [7, 11) is 4.46. The fourth-order valence-electron chi connectivity index (χ4n) is 4.58. The van der Waals surface area contributed by atoms with Gasteiger partial charge in [-0.1, -0.05) is 6.07 Å². The molecule has 1 aromatic heterocycles. The highest BCUT2D eigenvalue weighted by Crippen LogP contribution is 2.48. The number of aromatic hydroxyl groups is 1. The van der Waals surface area contributed by atoms with Gasteiger partial charge in [0.2, 0.25) is 0 Å². The second-order valence-corrected chi connectivity index (χ2v) is 8.77. The first-order valence-electron chi connectivity index (χ1n) is 11.1. The standard InChI is InChI=1S/C23H28N6O7/c1-13-6-8-17(30)16(10-13)28(12-19-24-26-27(3)25-19)20-15-11-14(29(32)33)7-9-18(15)36-23(2,21(20)31)22(34-4)35-5/h6-11,20-22,30-31H,12H2,1-5H3/t20-,21+,23-/m0/s1. The van der Waals surface area contributed by atoms with Gasteiger partial charge in [-0.25, -0.2) is 0 Å². The van der Waals surface area contributed by atoms with Crippen molar-refractivity contribution in [2.24, 2.45) is 7.05 Å². The fraction of sp³-hybridized carbons (Fsp3) is 0.435. The number of nitrogens with zero attached hydrogens (tertiary/aromatic N) is 6. The molecule has 0 saturated carbocycles. The van der Waals surface area contributed by atoms with Crippen LogP contribution in [0.25, 0.3) is 0 Å². The number of tetrazole rings is 1. The van der Waals surface area contributed by atoms with Crippen molar-refractivity contribution in [1.82, 2.24) is 20.2 Å². The second-order valence-electron chi connectivity index (χ2n) is 8.77. The molecule has 0 aliphatic carbocycles. The van der Waals surface area contributed by atoms with E-state index in [-0.39, 0.29) is 18.0 Å². The van der Waals surface area contributed by atoms with E-state index >= 15 is 0 Å². The minimum Gasteiger partial charge on any atom is -0.506 e. The minimum atomic E-state index is -1.44. The molecule has 0 bridgehead atoms. The Balaban J connectivity index is 1.97. The number of anilines is 1. The molecule has 3 aromatic rings. The summed E-state index contributed by atoms with van der Waals surface area (Å²) < 4.78 is 17.1. The Labute approximate surface area is 207 Å². The van der Waals surface area contributed by atoms with Crippen LogP contribution in [0.5, 0.6) is 11.5 Å². The number of aromatic nitrogens is 4. The average Bonchev–Trinajstić information content (AvgIpc) is 3.25. The maximum absolute atomic E-state index is 11.8. The number of methoxy groups -OCH3 is 2. The van der Waals surface area contributed by atoms with Gasteiger partial charge >= 0.3 is 0 Å². The number of hydrogen-bond acceptors (Lipinski definition) is 11. The maximum Gasteiger partial charge on any atom is 0.270 e. The first kappa shape index (κ1) is 25.3. The quantitative estimate of drug-likeness (QED) is 0.265. The molecule has 0 unspecified atom stereocenters. The molecule has 2 N–H and O–H groups in total. The molecule has 36 heavy (non-hydrogen) atoms. The van der Waals surface area contributed by atoms with Gasteiger partial charge in [0.1, 0.15) is 17.6 Å². The maximum atomic E-state index is 11.8. The van der Waals surface area contributed by atoms with Crippen molar-refractivity contribution in [2.75, 3.05) is 19.1 Å². The Hall–Kier alpha value is -3.81. The van der Waals surface area contributed by atoms with E-state index in [0.717, 1.165) is 5.56 Å². The molecule has 0 fully saturated rings. The minimum absolute atomic E-state index is 0.00935. The number of rotatable bonds is 8. The van der Waals surface area contributed by atoms with E-state index in [2.05, 4.69) is 15.4 Å². The lowest BCUT2D eigenvalue weighted by Gasteiger charge is -2.49. The van der Waals surface area contributed by atoms with Crippen molar-refractivity contribution in [3.8, 4) is 11.5 Å². The van der Waals surface area contributed by atoms with Crippen molar-refractivity contribution >= 4 is 11.4 Å². The van der Waals surface area contributed by atoms with Crippen LogP contribution in [0, 0.1) is 17.0 Å². The van der Waals surface area contributed by atoms with Crippen molar-refractivity contribution in [3.63, 3.8) is 0 Å². The van der Waals surface area contributed by atoms with Crippen LogP contribution < -0.4 is 9.64 Å². The monoisotopic (exact) mass is 500 g/mol.